The molecule has 0 spiro atoms. The fraction of sp³-hybridized carbons (Fsp3) is 0.500. The Morgan fingerprint density at radius 3 is 1.80 bits per heavy atom. The third-order valence-electron chi connectivity index (χ3n) is 5.81. The van der Waals surface area contributed by atoms with Gasteiger partial charge in [-0.15, -0.1) is 0 Å². The number of imide groups is 1. The van der Waals surface area contributed by atoms with Crippen molar-refractivity contribution in [3.63, 3.8) is 0 Å². The van der Waals surface area contributed by atoms with Crippen molar-refractivity contribution < 1.29 is 55.7 Å². The minimum absolute atomic E-state index is 0.0152. The molecule has 0 aliphatic carbocycles. The molecule has 0 fully saturated rings. The third-order valence-corrected chi connectivity index (χ3v) is 5.81. The SMILES string of the molecule is COC(C)(C)C(=O)NC(Cc1ccc(N(C(=O)OC(C)(C)C)C(=O)OC(C)(C)C)nc1)C(=O)COc1c(F)c(F)cc(F)c1F. The Kier molecular flexibility index (Phi) is 11.7. The number of nitrogens with one attached hydrogen (secondary N) is 1. The number of pyridine rings is 1. The zero-order valence-electron chi connectivity index (χ0n) is 26.5. The summed E-state index contributed by atoms with van der Waals surface area (Å²) in [5.74, 6) is -10.5. The van der Waals surface area contributed by atoms with Crippen molar-refractivity contribution in [2.45, 2.75) is 84.7 Å². The highest BCUT2D eigenvalue weighted by molar-refractivity contribution is 6.08. The normalized spacial score (nSPS) is 12.6. The van der Waals surface area contributed by atoms with Crippen LogP contribution < -0.4 is 15.0 Å². The Bertz CT molecular complexity index is 1370. The van der Waals surface area contributed by atoms with Gasteiger partial charge in [-0.1, -0.05) is 6.07 Å². The summed E-state index contributed by atoms with van der Waals surface area (Å²) in [6.07, 6.45) is -1.20. The summed E-state index contributed by atoms with van der Waals surface area (Å²) in [6, 6.07) is 1.22. The van der Waals surface area contributed by atoms with E-state index in [1.54, 1.807) is 41.5 Å². The second kappa shape index (κ2) is 14.2. The minimum Gasteiger partial charge on any atom is -0.479 e. The number of anilines is 1. The van der Waals surface area contributed by atoms with Crippen molar-refractivity contribution >= 4 is 29.7 Å². The molecule has 3 amide bonds. The Hall–Kier alpha value is -4.27. The molecule has 0 bridgehead atoms. The van der Waals surface area contributed by atoms with Crippen LogP contribution in [0.4, 0.5) is 33.0 Å². The average molecular weight is 644 g/mol. The van der Waals surface area contributed by atoms with Crippen molar-refractivity contribution in [2.75, 3.05) is 18.6 Å². The van der Waals surface area contributed by atoms with E-state index in [1.807, 2.05) is 0 Å². The van der Waals surface area contributed by atoms with Crippen LogP contribution in [0.2, 0.25) is 0 Å². The van der Waals surface area contributed by atoms with Gasteiger partial charge in [0, 0.05) is 25.8 Å². The summed E-state index contributed by atoms with van der Waals surface area (Å²) < 4.78 is 75.9. The lowest BCUT2D eigenvalue weighted by atomic mass is 10.0. The van der Waals surface area contributed by atoms with Gasteiger partial charge in [0.15, 0.2) is 23.2 Å². The highest BCUT2D eigenvalue weighted by atomic mass is 19.2. The number of halogens is 4. The van der Waals surface area contributed by atoms with Crippen molar-refractivity contribution in [1.29, 1.82) is 0 Å². The third kappa shape index (κ3) is 10.4. The fourth-order valence-corrected chi connectivity index (χ4v) is 3.37. The molecular weight excluding hydrogens is 606 g/mol. The zero-order chi connectivity index (χ0) is 34.5. The topological polar surface area (TPSA) is 133 Å². The van der Waals surface area contributed by atoms with Crippen LogP contribution in [0.25, 0.3) is 0 Å². The molecule has 0 radical (unpaired) electrons. The number of ketones is 1. The van der Waals surface area contributed by atoms with Crippen LogP contribution in [-0.4, -0.2) is 65.4 Å². The number of carbonyl (C=O) groups excluding carboxylic acids is 4. The lowest BCUT2D eigenvalue weighted by Crippen LogP contribution is -2.52. The number of hydrogen-bond acceptors (Lipinski definition) is 9. The quantitative estimate of drug-likeness (QED) is 0.266. The number of amides is 3. The summed E-state index contributed by atoms with van der Waals surface area (Å²) >= 11 is 0. The van der Waals surface area contributed by atoms with E-state index in [0.717, 1.165) is 0 Å². The van der Waals surface area contributed by atoms with Gasteiger partial charge in [-0.2, -0.15) is 13.7 Å². The molecule has 1 aromatic carbocycles. The van der Waals surface area contributed by atoms with E-state index in [0.29, 0.717) is 4.90 Å². The molecule has 1 atom stereocenters. The summed E-state index contributed by atoms with van der Waals surface area (Å²) in [5, 5.41) is 2.45. The average Bonchev–Trinajstić information content (AvgIpc) is 2.90. The molecule has 11 nitrogen and oxygen atoms in total. The highest BCUT2D eigenvalue weighted by Gasteiger charge is 2.35. The first-order valence-corrected chi connectivity index (χ1v) is 13.6. The van der Waals surface area contributed by atoms with E-state index in [-0.39, 0.29) is 23.9 Å². The van der Waals surface area contributed by atoms with E-state index in [1.165, 1.54) is 39.3 Å². The van der Waals surface area contributed by atoms with Crippen LogP contribution in [0.1, 0.15) is 61.0 Å². The van der Waals surface area contributed by atoms with E-state index >= 15 is 0 Å². The van der Waals surface area contributed by atoms with Crippen molar-refractivity contribution in [3.8, 4) is 5.75 Å². The van der Waals surface area contributed by atoms with Crippen molar-refractivity contribution in [2.24, 2.45) is 0 Å². The van der Waals surface area contributed by atoms with E-state index < -0.39 is 82.3 Å². The zero-order valence-corrected chi connectivity index (χ0v) is 26.5. The van der Waals surface area contributed by atoms with Crippen LogP contribution >= 0.6 is 0 Å². The molecule has 1 N–H and O–H groups in total. The Morgan fingerprint density at radius 2 is 1.38 bits per heavy atom. The maximum atomic E-state index is 14.1. The maximum Gasteiger partial charge on any atom is 0.425 e. The number of methoxy groups -OCH3 is 1. The van der Waals surface area contributed by atoms with Crippen LogP contribution in [0.15, 0.2) is 24.4 Å². The summed E-state index contributed by atoms with van der Waals surface area (Å²) in [7, 11) is 1.26. The molecule has 0 aliphatic rings. The molecule has 1 unspecified atom stereocenters. The first-order chi connectivity index (χ1) is 20.6. The monoisotopic (exact) mass is 643 g/mol. The lowest BCUT2D eigenvalue weighted by molar-refractivity contribution is -0.142. The minimum atomic E-state index is -1.85. The number of benzene rings is 1. The maximum absolute atomic E-state index is 14.1. The molecule has 0 aliphatic heterocycles. The van der Waals surface area contributed by atoms with Crippen LogP contribution in [0.5, 0.6) is 5.75 Å². The van der Waals surface area contributed by atoms with Gasteiger partial charge < -0.3 is 24.3 Å². The predicted octanol–water partition coefficient (Wildman–Crippen LogP) is 5.42. The number of aromatic nitrogens is 1. The van der Waals surface area contributed by atoms with Gasteiger partial charge in [-0.3, -0.25) is 9.59 Å². The van der Waals surface area contributed by atoms with E-state index in [2.05, 4.69) is 10.3 Å². The van der Waals surface area contributed by atoms with Crippen LogP contribution in [-0.2, 0) is 30.2 Å². The molecule has 2 rings (SSSR count). The Morgan fingerprint density at radius 1 is 0.867 bits per heavy atom. The number of nitrogens with zero attached hydrogens (tertiary/aromatic N) is 2. The summed E-state index contributed by atoms with van der Waals surface area (Å²) in [4.78, 5) is 56.5. The lowest BCUT2D eigenvalue weighted by Gasteiger charge is -2.28. The molecule has 0 saturated heterocycles. The Labute approximate surface area is 258 Å². The van der Waals surface area contributed by atoms with Gasteiger partial charge in [0.25, 0.3) is 5.91 Å². The molecule has 248 valence electrons. The van der Waals surface area contributed by atoms with Gasteiger partial charge in [0.2, 0.25) is 11.6 Å². The molecule has 45 heavy (non-hydrogen) atoms. The molecule has 1 heterocycles. The standard InChI is InChI=1S/C30H37F4N3O8/c1-28(2,3)44-26(40)37(27(41)45-29(4,5)6)21-11-10-16(14-35-21)12-19(36-25(39)30(7,8)42-9)20(38)15-43-24-22(33)17(31)13-18(32)23(24)34/h10-11,13-14,19H,12,15H2,1-9H3,(H,36,39). The van der Waals surface area contributed by atoms with Crippen LogP contribution in [0.3, 0.4) is 0 Å². The van der Waals surface area contributed by atoms with Crippen molar-refractivity contribution in [3.05, 3.63) is 53.2 Å². The summed E-state index contributed by atoms with van der Waals surface area (Å²) in [6.45, 7) is 11.3. The second-order valence-electron chi connectivity index (χ2n) is 12.3. The molecular formula is C30H37F4N3O8. The predicted molar refractivity (Wildman–Crippen MR) is 153 cm³/mol. The summed E-state index contributed by atoms with van der Waals surface area (Å²) in [5.41, 5.74) is -3.06. The first kappa shape index (κ1) is 36.9. The smallest absolute Gasteiger partial charge is 0.425 e. The largest absolute Gasteiger partial charge is 0.479 e. The molecule has 1 aromatic heterocycles. The van der Waals surface area contributed by atoms with E-state index in [9.17, 15) is 36.7 Å². The molecule has 0 saturated carbocycles. The number of hydrogen-bond donors (Lipinski definition) is 1. The number of ether oxygens (including phenoxy) is 4. The van der Waals surface area contributed by atoms with Gasteiger partial charge in [-0.05, 0) is 67.0 Å². The fourth-order valence-electron chi connectivity index (χ4n) is 3.37. The second-order valence-corrected chi connectivity index (χ2v) is 12.3. The van der Waals surface area contributed by atoms with Gasteiger partial charge in [0.05, 0.1) is 6.04 Å². The van der Waals surface area contributed by atoms with E-state index in [4.69, 9.17) is 18.9 Å². The first-order valence-electron chi connectivity index (χ1n) is 13.6. The van der Waals surface area contributed by atoms with Gasteiger partial charge >= 0.3 is 12.2 Å². The number of carbonyl (C=O) groups is 4. The highest BCUT2D eigenvalue weighted by Crippen LogP contribution is 2.27. The molecule has 15 heteroatoms. The Balaban J connectivity index is 2.39. The number of Topliss-reactive ketones (excluding diaryl/α,β-unsaturated/α-hetero) is 1. The molecule has 2 aromatic rings. The van der Waals surface area contributed by atoms with Gasteiger partial charge in [0.1, 0.15) is 29.2 Å². The number of rotatable bonds is 10. The van der Waals surface area contributed by atoms with Gasteiger partial charge in [-0.25, -0.2) is 23.4 Å². The van der Waals surface area contributed by atoms with Crippen molar-refractivity contribution in [1.82, 2.24) is 10.3 Å². The van der Waals surface area contributed by atoms with Crippen LogP contribution in [0, 0.1) is 23.3 Å².